The van der Waals surface area contributed by atoms with E-state index in [0.29, 0.717) is 30.3 Å². The van der Waals surface area contributed by atoms with Crippen LogP contribution < -0.4 is 0 Å². The van der Waals surface area contributed by atoms with Crippen molar-refractivity contribution in [2.75, 3.05) is 13.1 Å². The number of nitrogens with one attached hydrogen (secondary N) is 2. The van der Waals surface area contributed by atoms with Crippen LogP contribution in [-0.4, -0.2) is 54.0 Å². The highest BCUT2D eigenvalue weighted by Gasteiger charge is 2.37. The van der Waals surface area contributed by atoms with Crippen LogP contribution in [0.25, 0.3) is 55.2 Å². The molecule has 6 aromatic rings. The number of benzene rings is 1. The first-order valence-corrected chi connectivity index (χ1v) is 12.9. The van der Waals surface area contributed by atoms with Gasteiger partial charge in [0.15, 0.2) is 11.0 Å². The van der Waals surface area contributed by atoms with E-state index in [1.54, 1.807) is 29.6 Å². The fourth-order valence-corrected chi connectivity index (χ4v) is 5.73. The Morgan fingerprint density at radius 3 is 2.79 bits per heavy atom. The maximum absolute atomic E-state index is 13.7. The third-order valence-corrected chi connectivity index (χ3v) is 7.68. The largest absolute Gasteiger partial charge is 0.337 e. The number of fused-ring (bicyclic) bond motifs is 2. The zero-order chi connectivity index (χ0) is 25.9. The Kier molecular flexibility index (Phi) is 5.31. The quantitative estimate of drug-likeness (QED) is 0.274. The van der Waals surface area contributed by atoms with Crippen LogP contribution in [0.4, 0.5) is 13.2 Å². The van der Waals surface area contributed by atoms with Crippen molar-refractivity contribution < 1.29 is 13.2 Å². The number of pyridine rings is 2. The summed E-state index contributed by atoms with van der Waals surface area (Å²) in [5, 5.41) is 8.08. The molecule has 0 atom stereocenters. The highest BCUT2D eigenvalue weighted by atomic mass is 32.1. The van der Waals surface area contributed by atoms with E-state index in [1.807, 2.05) is 30.3 Å². The van der Waals surface area contributed by atoms with Gasteiger partial charge in [0, 0.05) is 53.3 Å². The van der Waals surface area contributed by atoms with Gasteiger partial charge in [-0.15, -0.1) is 11.3 Å². The molecule has 1 saturated heterocycles. The number of imidazole rings is 1. The van der Waals surface area contributed by atoms with E-state index in [9.17, 15) is 13.2 Å². The molecule has 1 aromatic carbocycles. The number of aromatic nitrogens is 6. The fourth-order valence-electron chi connectivity index (χ4n) is 4.97. The molecule has 1 fully saturated rings. The van der Waals surface area contributed by atoms with Gasteiger partial charge in [-0.1, -0.05) is 12.1 Å². The van der Waals surface area contributed by atoms with Crippen molar-refractivity contribution in [2.45, 2.75) is 18.9 Å². The fraction of sp³-hybridized carbons (Fsp3) is 0.185. The topological polar surface area (TPSA) is 86.4 Å². The van der Waals surface area contributed by atoms with E-state index >= 15 is 0 Å². The van der Waals surface area contributed by atoms with Gasteiger partial charge in [0.05, 0.1) is 35.0 Å². The average Bonchev–Trinajstić information content (AvgIpc) is 3.69. The van der Waals surface area contributed by atoms with E-state index in [0.717, 1.165) is 54.8 Å². The monoisotopic (exact) mass is 531 g/mol. The number of aromatic amines is 2. The molecule has 11 heteroatoms. The predicted octanol–water partition coefficient (Wildman–Crippen LogP) is 6.27. The van der Waals surface area contributed by atoms with Crippen molar-refractivity contribution in [1.82, 2.24) is 35.0 Å². The lowest BCUT2D eigenvalue weighted by Crippen LogP contribution is -2.24. The number of alkyl halides is 2. The van der Waals surface area contributed by atoms with E-state index in [-0.39, 0.29) is 18.1 Å². The number of hydrogen-bond donors (Lipinski definition) is 2. The molecule has 190 valence electrons. The van der Waals surface area contributed by atoms with Gasteiger partial charge in [0.25, 0.3) is 5.92 Å². The summed E-state index contributed by atoms with van der Waals surface area (Å²) >= 11 is 1.08. The Morgan fingerprint density at radius 1 is 1.05 bits per heavy atom. The van der Waals surface area contributed by atoms with E-state index in [4.69, 9.17) is 4.98 Å². The summed E-state index contributed by atoms with van der Waals surface area (Å²) in [4.78, 5) is 19.6. The third kappa shape index (κ3) is 4.13. The number of para-hydroxylation sites is 1. The Balaban J connectivity index is 1.24. The van der Waals surface area contributed by atoms with Crippen LogP contribution in [0.1, 0.15) is 12.0 Å². The molecule has 7 nitrogen and oxygen atoms in total. The first-order chi connectivity index (χ1) is 18.4. The molecular formula is C27H20F3N7S. The summed E-state index contributed by atoms with van der Waals surface area (Å²) in [5.41, 5.74) is 6.10. The number of rotatable bonds is 5. The van der Waals surface area contributed by atoms with Gasteiger partial charge in [-0.3, -0.25) is 20.0 Å². The van der Waals surface area contributed by atoms with Gasteiger partial charge in [-0.2, -0.15) is 9.49 Å². The smallest absolute Gasteiger partial charge is 0.261 e. The lowest BCUT2D eigenvalue weighted by atomic mass is 10.1. The zero-order valence-corrected chi connectivity index (χ0v) is 20.7. The second-order valence-electron chi connectivity index (χ2n) is 9.48. The number of thiophene rings is 1. The van der Waals surface area contributed by atoms with Gasteiger partial charge in [0.1, 0.15) is 5.69 Å². The van der Waals surface area contributed by atoms with Crippen LogP contribution in [0, 0.1) is 5.13 Å². The van der Waals surface area contributed by atoms with Gasteiger partial charge >= 0.3 is 0 Å². The zero-order valence-electron chi connectivity index (χ0n) is 19.9. The minimum absolute atomic E-state index is 0.116. The molecule has 5 aromatic heterocycles. The van der Waals surface area contributed by atoms with E-state index < -0.39 is 5.92 Å². The second kappa shape index (κ2) is 8.74. The Labute approximate surface area is 218 Å². The molecule has 0 radical (unpaired) electrons. The molecule has 7 rings (SSSR count). The normalized spacial score (nSPS) is 15.7. The van der Waals surface area contributed by atoms with E-state index in [2.05, 4.69) is 25.1 Å². The average molecular weight is 532 g/mol. The Bertz CT molecular complexity index is 1810. The van der Waals surface area contributed by atoms with Gasteiger partial charge in [0.2, 0.25) is 0 Å². The molecule has 0 bridgehead atoms. The summed E-state index contributed by atoms with van der Waals surface area (Å²) in [7, 11) is 0. The van der Waals surface area contributed by atoms with Crippen LogP contribution >= 0.6 is 11.3 Å². The molecule has 2 N–H and O–H groups in total. The molecule has 1 aliphatic rings. The minimum atomic E-state index is -2.63. The molecule has 38 heavy (non-hydrogen) atoms. The number of likely N-dealkylation sites (tertiary alicyclic amines) is 1. The van der Waals surface area contributed by atoms with Crippen LogP contribution in [-0.2, 0) is 6.54 Å². The van der Waals surface area contributed by atoms with Crippen molar-refractivity contribution in [3.63, 3.8) is 0 Å². The van der Waals surface area contributed by atoms with Crippen molar-refractivity contribution >= 4 is 33.3 Å². The lowest BCUT2D eigenvalue weighted by molar-refractivity contribution is 0.0115. The lowest BCUT2D eigenvalue weighted by Gasteiger charge is -2.15. The van der Waals surface area contributed by atoms with Crippen LogP contribution in [0.5, 0.6) is 0 Å². The Hall–Kier alpha value is -4.09. The molecule has 1 aliphatic heterocycles. The van der Waals surface area contributed by atoms with Gasteiger partial charge in [-0.25, -0.2) is 13.8 Å². The molecular weight excluding hydrogens is 511 g/mol. The number of nitrogens with zero attached hydrogens (tertiary/aromatic N) is 5. The summed E-state index contributed by atoms with van der Waals surface area (Å²) in [6, 6.07) is 12.8. The van der Waals surface area contributed by atoms with Gasteiger partial charge in [-0.05, 0) is 35.9 Å². The maximum atomic E-state index is 13.7. The summed E-state index contributed by atoms with van der Waals surface area (Å²) in [5.74, 6) is -2.05. The molecule has 0 spiro atoms. The van der Waals surface area contributed by atoms with Crippen LogP contribution in [0.15, 0.2) is 61.1 Å². The second-order valence-corrected chi connectivity index (χ2v) is 10.5. The number of H-pyrrole nitrogens is 2. The molecule has 6 heterocycles. The van der Waals surface area contributed by atoms with Crippen molar-refractivity contribution in [1.29, 1.82) is 0 Å². The van der Waals surface area contributed by atoms with Gasteiger partial charge < -0.3 is 4.98 Å². The highest BCUT2D eigenvalue weighted by molar-refractivity contribution is 7.14. The minimum Gasteiger partial charge on any atom is -0.337 e. The highest BCUT2D eigenvalue weighted by Crippen LogP contribution is 2.35. The molecule has 0 saturated carbocycles. The maximum Gasteiger partial charge on any atom is 0.261 e. The van der Waals surface area contributed by atoms with Crippen LogP contribution in [0.2, 0.25) is 0 Å². The molecule has 0 aliphatic carbocycles. The number of halogens is 3. The standard InChI is InChI=1S/C27H20F3N7S/c28-23-5-4-22(38-23)17-2-1-3-19-24(17)34-26(33-19)25-18-9-20(32-12-21(18)35-36-25)16-8-15(10-31-11-16)13-37-7-6-27(29,30)14-37/h1-5,8-12H,6-7,13-14H2,(H,33,34)(H,35,36). The van der Waals surface area contributed by atoms with Crippen LogP contribution in [0.3, 0.4) is 0 Å². The number of hydrogen-bond acceptors (Lipinski definition) is 6. The summed E-state index contributed by atoms with van der Waals surface area (Å²) < 4.78 is 40.9. The van der Waals surface area contributed by atoms with E-state index in [1.165, 1.54) is 6.07 Å². The van der Waals surface area contributed by atoms with Crippen molar-refractivity contribution in [2.24, 2.45) is 0 Å². The summed E-state index contributed by atoms with van der Waals surface area (Å²) in [6.07, 6.45) is 5.00. The van der Waals surface area contributed by atoms with Crippen molar-refractivity contribution in [3.05, 3.63) is 71.7 Å². The molecule has 0 amide bonds. The SMILES string of the molecule is Fc1ccc(-c2cccc3[nH]c(-c4n[nH]c5cnc(-c6cncc(CN7CCC(F)(F)C7)c6)cc45)nc23)s1. The Morgan fingerprint density at radius 2 is 1.97 bits per heavy atom. The summed E-state index contributed by atoms with van der Waals surface area (Å²) in [6.45, 7) is 0.534. The van der Waals surface area contributed by atoms with Crippen molar-refractivity contribution in [3.8, 4) is 33.2 Å². The molecule has 0 unspecified atom stereocenters. The first-order valence-electron chi connectivity index (χ1n) is 12.1. The third-order valence-electron chi connectivity index (χ3n) is 6.77. The predicted molar refractivity (Wildman–Crippen MR) is 140 cm³/mol. The first kappa shape index (κ1) is 23.1.